The van der Waals surface area contributed by atoms with Crippen LogP contribution in [0.25, 0.3) is 0 Å². The van der Waals surface area contributed by atoms with Gasteiger partial charge in [-0.3, -0.25) is 0 Å². The van der Waals surface area contributed by atoms with Crippen LogP contribution < -0.4 is 5.32 Å². The van der Waals surface area contributed by atoms with E-state index in [-0.39, 0.29) is 0 Å². The highest BCUT2D eigenvalue weighted by atomic mass is 16.5. The summed E-state index contributed by atoms with van der Waals surface area (Å²) in [6, 6.07) is 0.514. The number of rotatable bonds is 9. The molecule has 0 aromatic rings. The van der Waals surface area contributed by atoms with Gasteiger partial charge in [0, 0.05) is 13.2 Å². The monoisotopic (exact) mass is 215 g/mol. The van der Waals surface area contributed by atoms with Crippen LogP contribution in [0.3, 0.4) is 0 Å². The van der Waals surface area contributed by atoms with E-state index in [1.165, 1.54) is 19.3 Å². The molecule has 0 aromatic heterocycles. The van der Waals surface area contributed by atoms with Gasteiger partial charge in [-0.15, -0.1) is 0 Å². The molecular weight excluding hydrogens is 186 g/mol. The first-order chi connectivity index (χ1) is 7.21. The topological polar surface area (TPSA) is 21.3 Å². The Labute approximate surface area is 95.8 Å². The van der Waals surface area contributed by atoms with Crippen molar-refractivity contribution in [3.05, 3.63) is 0 Å². The Hall–Kier alpha value is -0.0800. The maximum absolute atomic E-state index is 5.56. The van der Waals surface area contributed by atoms with E-state index in [1.54, 1.807) is 0 Å². The van der Waals surface area contributed by atoms with Crippen LogP contribution in [-0.2, 0) is 4.74 Å². The minimum Gasteiger partial charge on any atom is -0.380 e. The van der Waals surface area contributed by atoms with Crippen LogP contribution in [0.15, 0.2) is 0 Å². The summed E-state index contributed by atoms with van der Waals surface area (Å²) in [4.78, 5) is 0. The highest BCUT2D eigenvalue weighted by molar-refractivity contribution is 4.80. The zero-order chi connectivity index (χ0) is 11.7. The lowest BCUT2D eigenvalue weighted by Gasteiger charge is -2.31. The molecule has 0 bridgehead atoms. The van der Waals surface area contributed by atoms with Crippen molar-refractivity contribution >= 4 is 0 Å². The van der Waals surface area contributed by atoms with Gasteiger partial charge in [0.05, 0.1) is 6.10 Å². The van der Waals surface area contributed by atoms with E-state index >= 15 is 0 Å². The van der Waals surface area contributed by atoms with Crippen LogP contribution in [-0.4, -0.2) is 25.8 Å². The molecule has 92 valence electrons. The SMILES string of the molecule is CCCNC(C(C)CCC)C(CC)OC. The normalized spacial score (nSPS) is 17.4. The van der Waals surface area contributed by atoms with Gasteiger partial charge in [0.1, 0.15) is 0 Å². The molecule has 0 amide bonds. The van der Waals surface area contributed by atoms with Gasteiger partial charge in [0.25, 0.3) is 0 Å². The van der Waals surface area contributed by atoms with Crippen molar-refractivity contribution in [1.29, 1.82) is 0 Å². The fourth-order valence-electron chi connectivity index (χ4n) is 2.21. The second-order valence-corrected chi connectivity index (χ2v) is 4.43. The van der Waals surface area contributed by atoms with E-state index in [4.69, 9.17) is 4.74 Å². The first kappa shape index (κ1) is 14.9. The van der Waals surface area contributed by atoms with Gasteiger partial charge in [-0.2, -0.15) is 0 Å². The van der Waals surface area contributed by atoms with Crippen molar-refractivity contribution in [2.75, 3.05) is 13.7 Å². The molecular formula is C13H29NO. The summed E-state index contributed by atoms with van der Waals surface area (Å²) in [5, 5.41) is 3.63. The van der Waals surface area contributed by atoms with Gasteiger partial charge >= 0.3 is 0 Å². The zero-order valence-electron chi connectivity index (χ0n) is 11.2. The zero-order valence-corrected chi connectivity index (χ0v) is 11.2. The molecule has 0 aliphatic heterocycles. The average Bonchev–Trinajstić information content (AvgIpc) is 2.24. The Morgan fingerprint density at radius 2 is 1.80 bits per heavy atom. The Balaban J connectivity index is 4.25. The van der Waals surface area contributed by atoms with Crippen LogP contribution in [0.2, 0.25) is 0 Å². The number of hydrogen-bond donors (Lipinski definition) is 1. The largest absolute Gasteiger partial charge is 0.380 e. The standard InChI is InChI=1S/C13H29NO/c1-6-9-11(4)13(14-10-7-2)12(8-3)15-5/h11-14H,6-10H2,1-5H3. The van der Waals surface area contributed by atoms with E-state index in [9.17, 15) is 0 Å². The summed E-state index contributed by atoms with van der Waals surface area (Å²) in [7, 11) is 1.83. The van der Waals surface area contributed by atoms with Gasteiger partial charge in [-0.1, -0.05) is 34.1 Å². The van der Waals surface area contributed by atoms with Crippen molar-refractivity contribution in [3.8, 4) is 0 Å². The first-order valence-corrected chi connectivity index (χ1v) is 6.47. The quantitative estimate of drug-likeness (QED) is 0.637. The fourth-order valence-corrected chi connectivity index (χ4v) is 2.21. The Morgan fingerprint density at radius 3 is 2.20 bits per heavy atom. The molecule has 0 spiro atoms. The molecule has 15 heavy (non-hydrogen) atoms. The molecule has 1 N–H and O–H groups in total. The molecule has 0 radical (unpaired) electrons. The molecule has 0 rings (SSSR count). The summed E-state index contributed by atoms with van der Waals surface area (Å²) >= 11 is 0. The van der Waals surface area contributed by atoms with E-state index in [0.29, 0.717) is 18.1 Å². The molecule has 3 atom stereocenters. The molecule has 0 fully saturated rings. The molecule has 0 saturated carbocycles. The van der Waals surface area contributed by atoms with Gasteiger partial charge in [-0.05, 0) is 31.7 Å². The molecule has 0 aromatic carbocycles. The van der Waals surface area contributed by atoms with Gasteiger partial charge < -0.3 is 10.1 Å². The second-order valence-electron chi connectivity index (χ2n) is 4.43. The molecule has 2 heteroatoms. The van der Waals surface area contributed by atoms with E-state index in [0.717, 1.165) is 13.0 Å². The molecule has 3 unspecified atom stereocenters. The van der Waals surface area contributed by atoms with Crippen molar-refractivity contribution in [2.45, 2.75) is 65.5 Å². The lowest BCUT2D eigenvalue weighted by Crippen LogP contribution is -2.45. The summed E-state index contributed by atoms with van der Waals surface area (Å²) in [5.41, 5.74) is 0. The summed E-state index contributed by atoms with van der Waals surface area (Å²) in [6.45, 7) is 10.1. The van der Waals surface area contributed by atoms with Crippen molar-refractivity contribution in [3.63, 3.8) is 0 Å². The third-order valence-electron chi connectivity index (χ3n) is 3.09. The van der Waals surface area contributed by atoms with Gasteiger partial charge in [0.2, 0.25) is 0 Å². The highest BCUT2D eigenvalue weighted by Crippen LogP contribution is 2.17. The summed E-state index contributed by atoms with van der Waals surface area (Å²) in [5.74, 6) is 0.700. The average molecular weight is 215 g/mol. The van der Waals surface area contributed by atoms with Crippen LogP contribution >= 0.6 is 0 Å². The van der Waals surface area contributed by atoms with Gasteiger partial charge in [-0.25, -0.2) is 0 Å². The predicted octanol–water partition coefficient (Wildman–Crippen LogP) is 3.22. The Kier molecular flexibility index (Phi) is 9.12. The molecule has 0 saturated heterocycles. The third-order valence-corrected chi connectivity index (χ3v) is 3.09. The smallest absolute Gasteiger partial charge is 0.0724 e. The van der Waals surface area contributed by atoms with Crippen LogP contribution in [0.4, 0.5) is 0 Å². The summed E-state index contributed by atoms with van der Waals surface area (Å²) in [6.07, 6.45) is 5.17. The second kappa shape index (κ2) is 9.17. The van der Waals surface area contributed by atoms with Crippen LogP contribution in [0, 0.1) is 5.92 Å². The van der Waals surface area contributed by atoms with Crippen molar-refractivity contribution in [2.24, 2.45) is 5.92 Å². The predicted molar refractivity (Wildman–Crippen MR) is 67.2 cm³/mol. The van der Waals surface area contributed by atoms with E-state index in [1.807, 2.05) is 7.11 Å². The molecule has 0 aliphatic carbocycles. The maximum atomic E-state index is 5.56. The molecule has 2 nitrogen and oxygen atoms in total. The van der Waals surface area contributed by atoms with Gasteiger partial charge in [0.15, 0.2) is 0 Å². The van der Waals surface area contributed by atoms with Crippen LogP contribution in [0.5, 0.6) is 0 Å². The van der Waals surface area contributed by atoms with E-state index < -0.39 is 0 Å². The third kappa shape index (κ3) is 5.53. The number of hydrogen-bond acceptors (Lipinski definition) is 2. The number of methoxy groups -OCH3 is 1. The summed E-state index contributed by atoms with van der Waals surface area (Å²) < 4.78 is 5.56. The number of ether oxygens (including phenoxy) is 1. The lowest BCUT2D eigenvalue weighted by atomic mass is 9.91. The molecule has 0 heterocycles. The minimum atomic E-state index is 0.359. The van der Waals surface area contributed by atoms with Crippen molar-refractivity contribution < 1.29 is 4.74 Å². The fraction of sp³-hybridized carbons (Fsp3) is 1.00. The molecule has 0 aliphatic rings. The Morgan fingerprint density at radius 1 is 1.13 bits per heavy atom. The highest BCUT2D eigenvalue weighted by Gasteiger charge is 2.24. The lowest BCUT2D eigenvalue weighted by molar-refractivity contribution is 0.0457. The van der Waals surface area contributed by atoms with Crippen LogP contribution in [0.1, 0.15) is 53.4 Å². The minimum absolute atomic E-state index is 0.359. The Bertz CT molecular complexity index is 134. The first-order valence-electron chi connectivity index (χ1n) is 6.47. The number of nitrogens with one attached hydrogen (secondary N) is 1. The maximum Gasteiger partial charge on any atom is 0.0724 e. The van der Waals surface area contributed by atoms with E-state index in [2.05, 4.69) is 33.0 Å². The van der Waals surface area contributed by atoms with Crippen molar-refractivity contribution in [1.82, 2.24) is 5.32 Å².